The van der Waals surface area contributed by atoms with Crippen molar-refractivity contribution < 1.29 is 33.4 Å². The zero-order valence-electron chi connectivity index (χ0n) is 20.5. The maximum Gasteiger partial charge on any atom is 0.421 e. The van der Waals surface area contributed by atoms with Gasteiger partial charge in [-0.2, -0.15) is 0 Å². The Labute approximate surface area is 213 Å². The number of hydrogen-bond donors (Lipinski definition) is 0. The van der Waals surface area contributed by atoms with Gasteiger partial charge in [-0.15, -0.1) is 0 Å². The quantitative estimate of drug-likeness (QED) is 0.440. The molecule has 0 radical (unpaired) electrons. The average Bonchev–Trinajstić information content (AvgIpc) is 3.31. The smallest absolute Gasteiger partial charge is 0.421 e. The fraction of sp³-hybridized carbons (Fsp3) is 0.333. The van der Waals surface area contributed by atoms with Crippen molar-refractivity contribution in [2.24, 2.45) is 5.92 Å². The Morgan fingerprint density at radius 3 is 2.19 bits per heavy atom. The molecule has 2 aromatic rings. The minimum atomic E-state index is -1.71. The van der Waals surface area contributed by atoms with Crippen molar-refractivity contribution in [2.45, 2.75) is 37.7 Å². The van der Waals surface area contributed by atoms with Gasteiger partial charge in [-0.1, -0.05) is 48.0 Å². The summed E-state index contributed by atoms with van der Waals surface area (Å²) in [5.74, 6) is -4.26. The number of anilines is 1. The zero-order valence-corrected chi connectivity index (χ0v) is 21.3. The molecule has 36 heavy (non-hydrogen) atoms. The number of nitrogens with zero attached hydrogens (tertiary/aromatic N) is 1. The van der Waals surface area contributed by atoms with Crippen LogP contribution in [0.15, 0.2) is 60.2 Å². The van der Waals surface area contributed by atoms with E-state index in [1.54, 1.807) is 69.3 Å². The minimum absolute atomic E-state index is 0.101. The molecule has 2 aliphatic rings. The first-order valence-corrected chi connectivity index (χ1v) is 11.7. The molecular formula is C27H26ClNO7. The topological polar surface area (TPSA) is 99.2 Å². The predicted octanol–water partition coefficient (Wildman–Crippen LogP) is 4.55. The fourth-order valence-electron chi connectivity index (χ4n) is 5.02. The van der Waals surface area contributed by atoms with Gasteiger partial charge in [-0.25, -0.2) is 14.5 Å². The number of imide groups is 1. The zero-order chi connectivity index (χ0) is 26.4. The Balaban J connectivity index is 1.99. The Kier molecular flexibility index (Phi) is 6.43. The van der Waals surface area contributed by atoms with Crippen molar-refractivity contribution in [3.05, 3.63) is 76.3 Å². The predicted molar refractivity (Wildman–Crippen MR) is 132 cm³/mol. The Hall–Kier alpha value is -3.65. The molecule has 1 aliphatic heterocycles. The van der Waals surface area contributed by atoms with E-state index in [2.05, 4.69) is 0 Å². The van der Waals surface area contributed by atoms with E-state index in [0.717, 1.165) is 4.90 Å². The van der Waals surface area contributed by atoms with Gasteiger partial charge in [0.1, 0.15) is 11.0 Å². The highest BCUT2D eigenvalue weighted by Gasteiger charge is 2.65. The summed E-state index contributed by atoms with van der Waals surface area (Å²) in [7, 11) is 2.43. The van der Waals surface area contributed by atoms with Crippen LogP contribution in [0.4, 0.5) is 10.5 Å². The molecule has 3 atom stereocenters. The van der Waals surface area contributed by atoms with E-state index in [-0.39, 0.29) is 11.3 Å². The fourth-order valence-corrected chi connectivity index (χ4v) is 5.15. The molecule has 2 aromatic carbocycles. The van der Waals surface area contributed by atoms with Gasteiger partial charge in [0.05, 0.1) is 25.8 Å². The molecule has 1 heterocycles. The van der Waals surface area contributed by atoms with Gasteiger partial charge in [0, 0.05) is 16.5 Å². The first kappa shape index (κ1) is 25.4. The van der Waals surface area contributed by atoms with Gasteiger partial charge in [0.15, 0.2) is 0 Å². The third-order valence-corrected chi connectivity index (χ3v) is 6.62. The molecule has 1 aliphatic carbocycles. The van der Waals surface area contributed by atoms with Crippen LogP contribution < -0.4 is 4.90 Å². The molecule has 0 fully saturated rings. The van der Waals surface area contributed by atoms with E-state index in [1.807, 2.05) is 0 Å². The summed E-state index contributed by atoms with van der Waals surface area (Å²) in [5, 5.41) is 0.461. The molecule has 188 valence electrons. The van der Waals surface area contributed by atoms with Crippen LogP contribution in [0.2, 0.25) is 5.02 Å². The Bertz CT molecular complexity index is 1280. The third kappa shape index (κ3) is 3.95. The normalized spacial score (nSPS) is 22.8. The molecule has 4 rings (SSSR count). The molecule has 1 spiro atoms. The molecule has 0 unspecified atom stereocenters. The van der Waals surface area contributed by atoms with Crippen LogP contribution in [0.5, 0.6) is 0 Å². The van der Waals surface area contributed by atoms with E-state index in [9.17, 15) is 19.2 Å². The second-order valence-corrected chi connectivity index (χ2v) is 10.1. The van der Waals surface area contributed by atoms with Gasteiger partial charge in [0.25, 0.3) is 5.91 Å². The SMILES string of the molecule is COC(=O)C1=C[C@]2(C(=O)N(C(=O)OC(C)(C)C)c3ccccc32)[C@@H](C(=O)OC)[C@@H]1c1ccc(Cl)cc1. The number of ether oxygens (including phenoxy) is 3. The van der Waals surface area contributed by atoms with Crippen LogP contribution in [0.1, 0.15) is 37.8 Å². The lowest BCUT2D eigenvalue weighted by molar-refractivity contribution is -0.150. The lowest BCUT2D eigenvalue weighted by Crippen LogP contribution is -2.49. The number of benzene rings is 2. The molecule has 0 aromatic heterocycles. The van der Waals surface area contributed by atoms with Gasteiger partial charge < -0.3 is 14.2 Å². The van der Waals surface area contributed by atoms with Crippen molar-refractivity contribution in [3.63, 3.8) is 0 Å². The highest BCUT2D eigenvalue weighted by Crippen LogP contribution is 2.58. The standard InChI is InChI=1S/C27H26ClNO7/c1-26(2,3)36-25(33)29-19-9-7-6-8-18(19)27(24(29)32)14-17(22(30)34-4)20(21(27)23(31)35-5)15-10-12-16(28)13-11-15/h6-14,20-21H,1-5H3/t20-,21-,27-/m1/s1. The largest absolute Gasteiger partial charge is 0.469 e. The van der Waals surface area contributed by atoms with Crippen molar-refractivity contribution in [2.75, 3.05) is 19.1 Å². The summed E-state index contributed by atoms with van der Waals surface area (Å²) in [6.07, 6.45) is 0.550. The number of hydrogen-bond acceptors (Lipinski definition) is 7. The first-order valence-electron chi connectivity index (χ1n) is 11.3. The van der Waals surface area contributed by atoms with Crippen molar-refractivity contribution in [1.82, 2.24) is 0 Å². The second-order valence-electron chi connectivity index (χ2n) is 9.63. The first-order chi connectivity index (χ1) is 17.0. The monoisotopic (exact) mass is 511 g/mol. The summed E-state index contributed by atoms with van der Waals surface area (Å²) in [5.41, 5.74) is -1.28. The molecule has 0 saturated carbocycles. The van der Waals surface area contributed by atoms with Crippen LogP contribution in [-0.2, 0) is 34.0 Å². The second kappa shape index (κ2) is 9.09. The number of halogens is 1. The highest BCUT2D eigenvalue weighted by molar-refractivity contribution is 6.30. The number of carbonyl (C=O) groups is 4. The number of rotatable bonds is 3. The van der Waals surface area contributed by atoms with E-state index in [0.29, 0.717) is 16.1 Å². The summed E-state index contributed by atoms with van der Waals surface area (Å²) in [6, 6.07) is 13.2. The number of carbonyl (C=O) groups excluding carboxylic acids is 4. The van der Waals surface area contributed by atoms with Crippen molar-refractivity contribution in [3.8, 4) is 0 Å². The number of amides is 2. The molecular weight excluding hydrogens is 486 g/mol. The van der Waals surface area contributed by atoms with E-state index in [4.69, 9.17) is 25.8 Å². The molecule has 0 N–H and O–H groups in total. The Morgan fingerprint density at radius 2 is 1.61 bits per heavy atom. The van der Waals surface area contributed by atoms with Gasteiger partial charge in [0.2, 0.25) is 0 Å². The summed E-state index contributed by atoms with van der Waals surface area (Å²) in [4.78, 5) is 54.8. The van der Waals surface area contributed by atoms with Crippen LogP contribution in [-0.4, -0.2) is 43.8 Å². The number of methoxy groups -OCH3 is 2. The molecule has 0 saturated heterocycles. The Morgan fingerprint density at radius 1 is 0.972 bits per heavy atom. The minimum Gasteiger partial charge on any atom is -0.469 e. The number of esters is 2. The van der Waals surface area contributed by atoms with Crippen LogP contribution in [0.3, 0.4) is 0 Å². The van der Waals surface area contributed by atoms with E-state index < -0.39 is 46.8 Å². The maximum absolute atomic E-state index is 14.2. The van der Waals surface area contributed by atoms with Crippen molar-refractivity contribution in [1.29, 1.82) is 0 Å². The lowest BCUT2D eigenvalue weighted by atomic mass is 9.69. The van der Waals surface area contributed by atoms with Gasteiger partial charge in [-0.3, -0.25) is 9.59 Å². The summed E-state index contributed by atoms with van der Waals surface area (Å²) in [6.45, 7) is 5.06. The molecule has 0 bridgehead atoms. The summed E-state index contributed by atoms with van der Waals surface area (Å²) >= 11 is 6.08. The lowest BCUT2D eigenvalue weighted by Gasteiger charge is -2.31. The number of fused-ring (bicyclic) bond motifs is 2. The summed E-state index contributed by atoms with van der Waals surface area (Å²) < 4.78 is 15.7. The third-order valence-electron chi connectivity index (χ3n) is 6.37. The average molecular weight is 512 g/mol. The van der Waals surface area contributed by atoms with Crippen LogP contribution in [0.25, 0.3) is 0 Å². The molecule has 2 amide bonds. The van der Waals surface area contributed by atoms with Crippen LogP contribution in [0, 0.1) is 5.92 Å². The molecule has 9 heteroatoms. The maximum atomic E-state index is 14.2. The van der Waals surface area contributed by atoms with Gasteiger partial charge in [-0.05, 0) is 50.1 Å². The molecule has 8 nitrogen and oxygen atoms in total. The highest BCUT2D eigenvalue weighted by atomic mass is 35.5. The van der Waals surface area contributed by atoms with Crippen LogP contribution >= 0.6 is 11.6 Å². The number of para-hydroxylation sites is 1. The van der Waals surface area contributed by atoms with Gasteiger partial charge >= 0.3 is 18.0 Å². The van der Waals surface area contributed by atoms with Crippen molar-refractivity contribution >= 4 is 41.2 Å². The van der Waals surface area contributed by atoms with E-state index in [1.165, 1.54) is 20.3 Å². The van der Waals surface area contributed by atoms with E-state index >= 15 is 0 Å².